The molecule has 0 bridgehead atoms. The molecular formula is C44H64N2O2. The van der Waals surface area contributed by atoms with Gasteiger partial charge in [-0.05, 0) is 23.1 Å². The van der Waals surface area contributed by atoms with E-state index < -0.39 is 5.97 Å². The summed E-state index contributed by atoms with van der Waals surface area (Å²) < 4.78 is 0. The van der Waals surface area contributed by atoms with E-state index in [1.807, 2.05) is 0 Å². The molecule has 0 amide bonds. The van der Waals surface area contributed by atoms with E-state index >= 15 is 0 Å². The van der Waals surface area contributed by atoms with Crippen molar-refractivity contribution in [3.63, 3.8) is 0 Å². The molecule has 0 aromatic heterocycles. The van der Waals surface area contributed by atoms with Gasteiger partial charge in [0.25, 0.3) is 0 Å². The first-order valence-corrected chi connectivity index (χ1v) is 19.2. The second kappa shape index (κ2) is 25.8. The van der Waals surface area contributed by atoms with Crippen molar-refractivity contribution in [1.29, 1.82) is 0 Å². The van der Waals surface area contributed by atoms with Crippen molar-refractivity contribution in [2.24, 2.45) is 0 Å². The van der Waals surface area contributed by atoms with Crippen LogP contribution < -0.4 is 0 Å². The number of carbonyl (C=O) groups is 1. The number of hydrogen-bond acceptors (Lipinski definition) is 3. The van der Waals surface area contributed by atoms with E-state index in [0.717, 1.165) is 45.6 Å². The molecule has 262 valence electrons. The van der Waals surface area contributed by atoms with Crippen LogP contribution in [0.25, 0.3) is 6.08 Å². The molecule has 1 fully saturated rings. The third-order valence-electron chi connectivity index (χ3n) is 9.47. The van der Waals surface area contributed by atoms with Crippen LogP contribution in [0.4, 0.5) is 0 Å². The number of nitrogens with zero attached hydrogens (tertiary/aromatic N) is 2. The van der Waals surface area contributed by atoms with Crippen LogP contribution in [-0.2, 0) is 4.79 Å². The van der Waals surface area contributed by atoms with E-state index in [0.29, 0.717) is 12.5 Å². The molecule has 0 saturated carbocycles. The summed E-state index contributed by atoms with van der Waals surface area (Å²) in [7, 11) is 0. The smallest absolute Gasteiger partial charge is 0.303 e. The van der Waals surface area contributed by atoms with E-state index in [1.165, 1.54) is 100 Å². The Bertz CT molecular complexity index is 1170. The number of benzene rings is 3. The van der Waals surface area contributed by atoms with Crippen LogP contribution >= 0.6 is 0 Å². The van der Waals surface area contributed by atoms with Gasteiger partial charge in [-0.15, -0.1) is 0 Å². The van der Waals surface area contributed by atoms with Gasteiger partial charge in [-0.1, -0.05) is 200 Å². The number of carboxylic acids is 1. The molecule has 1 aliphatic rings. The summed E-state index contributed by atoms with van der Waals surface area (Å²) in [5, 5.41) is 8.52. The van der Waals surface area contributed by atoms with Crippen molar-refractivity contribution >= 4 is 12.0 Å². The molecule has 0 spiro atoms. The lowest BCUT2D eigenvalue weighted by atomic mass is 9.96. The Morgan fingerprint density at radius 2 is 1.02 bits per heavy atom. The highest BCUT2D eigenvalue weighted by molar-refractivity contribution is 5.66. The molecule has 4 nitrogen and oxygen atoms in total. The minimum Gasteiger partial charge on any atom is -0.481 e. The normalized spacial score (nSPS) is 13.9. The molecular weight excluding hydrogens is 588 g/mol. The zero-order valence-electron chi connectivity index (χ0n) is 30.0. The molecule has 1 heterocycles. The number of carboxylic acid groups (broad SMARTS) is 1. The van der Waals surface area contributed by atoms with Crippen LogP contribution in [0.5, 0.6) is 0 Å². The summed E-state index contributed by atoms with van der Waals surface area (Å²) in [5.74, 6) is -0.653. The van der Waals surface area contributed by atoms with Crippen LogP contribution in [0.2, 0.25) is 0 Å². The van der Waals surface area contributed by atoms with Crippen LogP contribution in [0, 0.1) is 0 Å². The Hall–Kier alpha value is -3.21. The molecule has 0 radical (unpaired) electrons. The average molecular weight is 653 g/mol. The summed E-state index contributed by atoms with van der Waals surface area (Å²) in [5.41, 5.74) is 4.03. The van der Waals surface area contributed by atoms with Gasteiger partial charge in [-0.2, -0.15) is 0 Å². The number of rotatable bonds is 22. The molecule has 4 heteroatoms. The summed E-state index contributed by atoms with van der Waals surface area (Å²) in [6.07, 6.45) is 24.7. The van der Waals surface area contributed by atoms with E-state index in [9.17, 15) is 4.79 Å². The van der Waals surface area contributed by atoms with Crippen molar-refractivity contribution in [2.45, 2.75) is 116 Å². The van der Waals surface area contributed by atoms with Crippen molar-refractivity contribution in [3.8, 4) is 0 Å². The van der Waals surface area contributed by atoms with Gasteiger partial charge in [-0.3, -0.25) is 14.6 Å². The number of unbranched alkanes of at least 4 members (excludes halogenated alkanes) is 14. The van der Waals surface area contributed by atoms with Gasteiger partial charge in [0, 0.05) is 39.1 Å². The molecule has 1 aliphatic heterocycles. The fraction of sp³-hybridized carbons (Fsp3) is 0.523. The second-order valence-electron chi connectivity index (χ2n) is 13.5. The van der Waals surface area contributed by atoms with Gasteiger partial charge in [0.15, 0.2) is 0 Å². The fourth-order valence-corrected chi connectivity index (χ4v) is 6.64. The lowest BCUT2D eigenvalue weighted by Gasteiger charge is -2.39. The van der Waals surface area contributed by atoms with Crippen molar-refractivity contribution < 1.29 is 9.90 Å². The number of hydrogen-bond donors (Lipinski definition) is 1. The summed E-state index contributed by atoms with van der Waals surface area (Å²) in [4.78, 5) is 15.5. The minimum absolute atomic E-state index is 0.337. The Balaban J connectivity index is 0.000000279. The van der Waals surface area contributed by atoms with E-state index in [4.69, 9.17) is 5.11 Å². The predicted octanol–water partition coefficient (Wildman–Crippen LogP) is 11.4. The maximum atomic E-state index is 10.3. The topological polar surface area (TPSA) is 43.8 Å². The maximum absolute atomic E-state index is 10.3. The zero-order valence-corrected chi connectivity index (χ0v) is 30.0. The first kappa shape index (κ1) is 39.2. The average Bonchev–Trinajstić information content (AvgIpc) is 3.12. The highest BCUT2D eigenvalue weighted by Gasteiger charge is 2.25. The van der Waals surface area contributed by atoms with Crippen molar-refractivity contribution in [3.05, 3.63) is 114 Å². The number of aliphatic carboxylic acids is 1. The van der Waals surface area contributed by atoms with E-state index in [1.54, 1.807) is 0 Å². The first-order valence-electron chi connectivity index (χ1n) is 19.2. The minimum atomic E-state index is -0.653. The summed E-state index contributed by atoms with van der Waals surface area (Å²) >= 11 is 0. The Kier molecular flexibility index (Phi) is 21.1. The molecule has 3 aromatic rings. The molecule has 1 N–H and O–H groups in total. The second-order valence-corrected chi connectivity index (χ2v) is 13.5. The lowest BCUT2D eigenvalue weighted by molar-refractivity contribution is -0.137. The van der Waals surface area contributed by atoms with Gasteiger partial charge in [0.05, 0.1) is 6.04 Å². The Labute approximate surface area is 293 Å². The van der Waals surface area contributed by atoms with Crippen molar-refractivity contribution in [2.75, 3.05) is 32.7 Å². The summed E-state index contributed by atoms with van der Waals surface area (Å²) in [6.45, 7) is 7.68. The van der Waals surface area contributed by atoms with Gasteiger partial charge in [0.1, 0.15) is 0 Å². The van der Waals surface area contributed by atoms with E-state index in [2.05, 4.69) is 120 Å². The highest BCUT2D eigenvalue weighted by Crippen LogP contribution is 2.29. The fourth-order valence-electron chi connectivity index (χ4n) is 6.64. The van der Waals surface area contributed by atoms with Crippen molar-refractivity contribution in [1.82, 2.24) is 9.80 Å². The van der Waals surface area contributed by atoms with Gasteiger partial charge in [-0.25, -0.2) is 0 Å². The highest BCUT2D eigenvalue weighted by atomic mass is 16.4. The standard InChI is InChI=1S/C26H28N2.C18H36O2/c1-4-11-23(12-5-1)13-10-18-27-19-21-28(22-20-27)26(24-14-6-2-7-15-24)25-16-8-3-9-17-25;1-2-3-4-5-6-7-8-9-10-11-12-13-14-15-16-17-18(19)20/h1-17,26H,18-22H2;2-17H2,1H3,(H,19,20)/b13-10+;. The third kappa shape index (κ3) is 17.3. The molecule has 0 unspecified atom stereocenters. The monoisotopic (exact) mass is 652 g/mol. The summed E-state index contributed by atoms with van der Waals surface area (Å²) in [6, 6.07) is 32.7. The quantitative estimate of drug-likeness (QED) is 0.110. The van der Waals surface area contributed by atoms with Gasteiger partial charge >= 0.3 is 5.97 Å². The molecule has 0 atom stereocenters. The van der Waals surface area contributed by atoms with Crippen LogP contribution in [0.15, 0.2) is 97.1 Å². The zero-order chi connectivity index (χ0) is 33.9. The molecule has 1 saturated heterocycles. The maximum Gasteiger partial charge on any atom is 0.303 e. The Morgan fingerprint density at radius 3 is 1.46 bits per heavy atom. The molecule has 4 rings (SSSR count). The predicted molar refractivity (Wildman–Crippen MR) is 205 cm³/mol. The molecule has 48 heavy (non-hydrogen) atoms. The van der Waals surface area contributed by atoms with Crippen LogP contribution in [-0.4, -0.2) is 53.6 Å². The lowest BCUT2D eigenvalue weighted by Crippen LogP contribution is -2.47. The number of piperazine rings is 1. The van der Waals surface area contributed by atoms with Crippen LogP contribution in [0.3, 0.4) is 0 Å². The van der Waals surface area contributed by atoms with E-state index in [-0.39, 0.29) is 0 Å². The van der Waals surface area contributed by atoms with Crippen LogP contribution in [0.1, 0.15) is 132 Å². The third-order valence-corrected chi connectivity index (χ3v) is 9.47. The Morgan fingerprint density at radius 1 is 0.604 bits per heavy atom. The van der Waals surface area contributed by atoms with Gasteiger partial charge in [0.2, 0.25) is 0 Å². The SMILES string of the molecule is C(=C\c1ccccc1)/CN1CCN(C(c2ccccc2)c2ccccc2)CC1.CCCCCCCCCCCCCCCCCC(=O)O. The molecule has 3 aromatic carbocycles. The van der Waals surface area contributed by atoms with Gasteiger partial charge < -0.3 is 5.11 Å². The molecule has 0 aliphatic carbocycles. The first-order chi connectivity index (χ1) is 23.7. The largest absolute Gasteiger partial charge is 0.481 e.